The number of ether oxygens (including phenoxy) is 1. The van der Waals surface area contributed by atoms with Crippen LogP contribution in [0.25, 0.3) is 0 Å². The van der Waals surface area contributed by atoms with Gasteiger partial charge in [-0.3, -0.25) is 4.79 Å². The fourth-order valence-corrected chi connectivity index (χ4v) is 1.36. The van der Waals surface area contributed by atoms with E-state index in [1.807, 2.05) is 24.3 Å². The summed E-state index contributed by atoms with van der Waals surface area (Å²) < 4.78 is 5.01. The fraction of sp³-hybridized carbons (Fsp3) is 0.364. The quantitative estimate of drug-likeness (QED) is 0.824. The van der Waals surface area contributed by atoms with Crippen LogP contribution >= 0.6 is 12.4 Å². The molecule has 1 aromatic rings. The van der Waals surface area contributed by atoms with Crippen LogP contribution in [-0.4, -0.2) is 24.2 Å². The second kappa shape index (κ2) is 7.09. The Balaban J connectivity index is 0.00000225. The van der Waals surface area contributed by atoms with Crippen LogP contribution in [0.2, 0.25) is 0 Å². The van der Waals surface area contributed by atoms with Gasteiger partial charge in [-0.2, -0.15) is 0 Å². The van der Waals surface area contributed by atoms with Gasteiger partial charge in [0.05, 0.1) is 13.5 Å². The zero-order valence-corrected chi connectivity index (χ0v) is 9.87. The standard InChI is InChI=1S/C11H15NO3.ClH/c1-15-10-4-2-8(3-5-10)6-9(12)7-11(13)14;/h2-5,9H,6-7,12H2,1H3,(H,13,14);1H/t9-;/m1./s1. The molecular weight excluding hydrogens is 230 g/mol. The van der Waals surface area contributed by atoms with E-state index in [2.05, 4.69) is 0 Å². The molecule has 0 bridgehead atoms. The van der Waals surface area contributed by atoms with Crippen LogP contribution in [0.1, 0.15) is 12.0 Å². The highest BCUT2D eigenvalue weighted by molar-refractivity contribution is 5.85. The predicted octanol–water partition coefficient (Wildman–Crippen LogP) is 1.46. The maximum absolute atomic E-state index is 10.4. The average Bonchev–Trinajstić information content (AvgIpc) is 2.17. The molecule has 5 heteroatoms. The summed E-state index contributed by atoms with van der Waals surface area (Å²) in [6, 6.07) is 7.11. The van der Waals surface area contributed by atoms with Gasteiger partial charge in [-0.25, -0.2) is 0 Å². The lowest BCUT2D eigenvalue weighted by Crippen LogP contribution is -2.26. The van der Waals surface area contributed by atoms with Gasteiger partial charge >= 0.3 is 5.97 Å². The van der Waals surface area contributed by atoms with Gasteiger partial charge in [0, 0.05) is 6.04 Å². The first-order chi connectivity index (χ1) is 7.11. The number of rotatable bonds is 5. The highest BCUT2D eigenvalue weighted by Crippen LogP contribution is 2.12. The Kier molecular flexibility index (Phi) is 6.53. The average molecular weight is 246 g/mol. The SMILES string of the molecule is COc1ccc(C[C@@H](N)CC(=O)O)cc1.Cl. The van der Waals surface area contributed by atoms with Gasteiger partial charge < -0.3 is 15.6 Å². The number of aliphatic carboxylic acids is 1. The molecule has 0 saturated heterocycles. The number of hydrogen-bond donors (Lipinski definition) is 2. The van der Waals surface area contributed by atoms with Crippen LogP contribution in [0, 0.1) is 0 Å². The zero-order chi connectivity index (χ0) is 11.3. The minimum absolute atomic E-state index is 0. The molecule has 0 aliphatic rings. The number of halogens is 1. The Morgan fingerprint density at radius 3 is 2.44 bits per heavy atom. The van der Waals surface area contributed by atoms with Crippen LogP contribution in [-0.2, 0) is 11.2 Å². The second-order valence-corrected chi connectivity index (χ2v) is 3.41. The number of nitrogens with two attached hydrogens (primary N) is 1. The molecule has 0 heterocycles. The third-order valence-corrected chi connectivity index (χ3v) is 2.09. The van der Waals surface area contributed by atoms with Crippen molar-refractivity contribution in [3.63, 3.8) is 0 Å². The van der Waals surface area contributed by atoms with E-state index in [1.165, 1.54) is 0 Å². The molecule has 0 aromatic heterocycles. The molecule has 0 amide bonds. The molecule has 0 fully saturated rings. The monoisotopic (exact) mass is 245 g/mol. The number of benzene rings is 1. The van der Waals surface area contributed by atoms with Gasteiger partial charge in [0.15, 0.2) is 0 Å². The van der Waals surface area contributed by atoms with Crippen LogP contribution in [0.15, 0.2) is 24.3 Å². The maximum atomic E-state index is 10.4. The van der Waals surface area contributed by atoms with E-state index in [4.69, 9.17) is 15.6 Å². The molecule has 0 radical (unpaired) electrons. The first-order valence-electron chi connectivity index (χ1n) is 4.72. The predicted molar refractivity (Wildman–Crippen MR) is 64.2 cm³/mol. The molecule has 1 atom stereocenters. The van der Waals surface area contributed by atoms with Crippen molar-refractivity contribution in [2.24, 2.45) is 5.73 Å². The van der Waals surface area contributed by atoms with Gasteiger partial charge in [0.2, 0.25) is 0 Å². The molecular formula is C11H16ClNO3. The summed E-state index contributed by atoms with van der Waals surface area (Å²) in [5.74, 6) is -0.0819. The van der Waals surface area contributed by atoms with Crippen molar-refractivity contribution >= 4 is 18.4 Å². The van der Waals surface area contributed by atoms with E-state index < -0.39 is 5.97 Å². The van der Waals surface area contributed by atoms with E-state index in [9.17, 15) is 4.79 Å². The fourth-order valence-electron chi connectivity index (χ4n) is 1.36. The van der Waals surface area contributed by atoms with E-state index in [0.717, 1.165) is 11.3 Å². The number of carboxylic acid groups (broad SMARTS) is 1. The summed E-state index contributed by atoms with van der Waals surface area (Å²) in [4.78, 5) is 10.4. The highest BCUT2D eigenvalue weighted by Gasteiger charge is 2.08. The number of methoxy groups -OCH3 is 1. The maximum Gasteiger partial charge on any atom is 0.304 e. The van der Waals surface area contributed by atoms with Crippen molar-refractivity contribution < 1.29 is 14.6 Å². The zero-order valence-electron chi connectivity index (χ0n) is 9.05. The number of hydrogen-bond acceptors (Lipinski definition) is 3. The summed E-state index contributed by atoms with van der Waals surface area (Å²) >= 11 is 0. The summed E-state index contributed by atoms with van der Waals surface area (Å²) in [5, 5.41) is 8.54. The van der Waals surface area contributed by atoms with Gasteiger partial charge in [0.1, 0.15) is 5.75 Å². The molecule has 1 rings (SSSR count). The van der Waals surface area contributed by atoms with Crippen molar-refractivity contribution in [1.29, 1.82) is 0 Å². The normalized spacial score (nSPS) is 11.4. The Bertz CT molecular complexity index is 327. The lowest BCUT2D eigenvalue weighted by Gasteiger charge is -2.09. The van der Waals surface area contributed by atoms with Gasteiger partial charge in [-0.1, -0.05) is 12.1 Å². The summed E-state index contributed by atoms with van der Waals surface area (Å²) in [6.07, 6.45) is 0.558. The van der Waals surface area contributed by atoms with Crippen LogP contribution < -0.4 is 10.5 Å². The van der Waals surface area contributed by atoms with E-state index in [1.54, 1.807) is 7.11 Å². The van der Waals surface area contributed by atoms with Crippen molar-refractivity contribution in [3.8, 4) is 5.75 Å². The Labute approximate surface area is 101 Å². The number of carbonyl (C=O) groups is 1. The van der Waals surface area contributed by atoms with Gasteiger partial charge in [-0.05, 0) is 24.1 Å². The topological polar surface area (TPSA) is 72.5 Å². The Hall–Kier alpha value is -1.26. The highest BCUT2D eigenvalue weighted by atomic mass is 35.5. The molecule has 0 aliphatic heterocycles. The van der Waals surface area contributed by atoms with Crippen molar-refractivity contribution in [2.75, 3.05) is 7.11 Å². The molecule has 3 N–H and O–H groups in total. The van der Waals surface area contributed by atoms with E-state index >= 15 is 0 Å². The summed E-state index contributed by atoms with van der Waals surface area (Å²) in [5.41, 5.74) is 6.68. The van der Waals surface area contributed by atoms with Crippen LogP contribution in [0.3, 0.4) is 0 Å². The molecule has 0 aliphatic carbocycles. The number of carboxylic acids is 1. The molecule has 90 valence electrons. The molecule has 0 spiro atoms. The van der Waals surface area contributed by atoms with E-state index in [-0.39, 0.29) is 24.9 Å². The molecule has 1 aromatic carbocycles. The Morgan fingerprint density at radius 2 is 2.00 bits per heavy atom. The lowest BCUT2D eigenvalue weighted by atomic mass is 10.0. The van der Waals surface area contributed by atoms with Crippen molar-refractivity contribution in [2.45, 2.75) is 18.9 Å². The minimum Gasteiger partial charge on any atom is -0.497 e. The molecule has 16 heavy (non-hydrogen) atoms. The van der Waals surface area contributed by atoms with Gasteiger partial charge in [-0.15, -0.1) is 12.4 Å². The Morgan fingerprint density at radius 1 is 1.44 bits per heavy atom. The summed E-state index contributed by atoms with van der Waals surface area (Å²) in [6.45, 7) is 0. The first-order valence-corrected chi connectivity index (χ1v) is 4.72. The smallest absolute Gasteiger partial charge is 0.304 e. The molecule has 0 unspecified atom stereocenters. The lowest BCUT2D eigenvalue weighted by molar-refractivity contribution is -0.137. The largest absolute Gasteiger partial charge is 0.497 e. The second-order valence-electron chi connectivity index (χ2n) is 3.41. The molecule has 4 nitrogen and oxygen atoms in total. The van der Waals surface area contributed by atoms with Gasteiger partial charge in [0.25, 0.3) is 0 Å². The van der Waals surface area contributed by atoms with E-state index in [0.29, 0.717) is 6.42 Å². The third-order valence-electron chi connectivity index (χ3n) is 2.09. The van der Waals surface area contributed by atoms with Crippen LogP contribution in [0.4, 0.5) is 0 Å². The van der Waals surface area contributed by atoms with Crippen molar-refractivity contribution in [3.05, 3.63) is 29.8 Å². The van der Waals surface area contributed by atoms with Crippen molar-refractivity contribution in [1.82, 2.24) is 0 Å². The first kappa shape index (κ1) is 14.7. The molecule has 0 saturated carbocycles. The van der Waals surface area contributed by atoms with Crippen LogP contribution in [0.5, 0.6) is 5.75 Å². The minimum atomic E-state index is -0.865. The third kappa shape index (κ3) is 5.00. The summed E-state index contributed by atoms with van der Waals surface area (Å²) in [7, 11) is 1.60.